The monoisotopic (exact) mass is 578 g/mol. The largest absolute Gasteiger partial charge is 0.398 e. The van der Waals surface area contributed by atoms with Crippen molar-refractivity contribution < 1.29 is 28.7 Å². The van der Waals surface area contributed by atoms with Crippen molar-refractivity contribution in [2.24, 2.45) is 5.16 Å². The van der Waals surface area contributed by atoms with Gasteiger partial charge in [-0.3, -0.25) is 14.5 Å². The zero-order valence-corrected chi connectivity index (χ0v) is 23.3. The van der Waals surface area contributed by atoms with Gasteiger partial charge in [0.25, 0.3) is 0 Å². The highest BCUT2D eigenvalue weighted by molar-refractivity contribution is 8.01. The quantitative estimate of drug-likeness (QED) is 0.0896. The molecule has 1 saturated heterocycles. The van der Waals surface area contributed by atoms with Crippen molar-refractivity contribution in [3.05, 3.63) is 46.9 Å². The third-order valence-electron chi connectivity index (χ3n) is 5.56. The van der Waals surface area contributed by atoms with Crippen LogP contribution >= 0.6 is 34.9 Å². The van der Waals surface area contributed by atoms with E-state index in [1.807, 2.05) is 29.2 Å². The molecule has 1 fully saturated rings. The first-order valence-corrected chi connectivity index (χ1v) is 14.7. The van der Waals surface area contributed by atoms with E-state index < -0.39 is 11.9 Å². The lowest BCUT2D eigenvalue weighted by atomic mass is 10.1. The molecule has 4 heterocycles. The normalized spacial score (nSPS) is 17.0. The van der Waals surface area contributed by atoms with Crippen molar-refractivity contribution in [3.63, 3.8) is 0 Å². The number of fused-ring (bicyclic) bond motifs is 1. The molecule has 0 bridgehead atoms. The molecule has 0 radical (unpaired) electrons. The molecule has 38 heavy (non-hydrogen) atoms. The van der Waals surface area contributed by atoms with Crippen molar-refractivity contribution in [2.45, 2.75) is 36.5 Å². The summed E-state index contributed by atoms with van der Waals surface area (Å²) in [6, 6.07) is 3.97. The van der Waals surface area contributed by atoms with Gasteiger partial charge in [0.1, 0.15) is 18.5 Å². The Kier molecular flexibility index (Phi) is 9.47. The summed E-state index contributed by atoms with van der Waals surface area (Å²) in [5, 5.41) is 5.31. The maximum atomic E-state index is 13.1. The highest BCUT2D eigenvalue weighted by atomic mass is 32.2. The van der Waals surface area contributed by atoms with Crippen LogP contribution in [0.15, 0.2) is 51.2 Å². The van der Waals surface area contributed by atoms with Gasteiger partial charge in [-0.25, -0.2) is 9.78 Å². The highest BCUT2D eigenvalue weighted by Gasteiger charge is 2.46. The number of aromatic nitrogens is 2. The number of anilines is 1. The number of carbonyl (C=O) groups excluding carboxylic acids is 3. The SMILES string of the molecule is CCCCN[n+]1ccc(SCC2=C(C(=O)ONC(=O)/C(=N\OC)c3csc(N)n3)N3C(=O)C[C@@H]3SC2)cc1. The zero-order chi connectivity index (χ0) is 27.1. The number of hydroxylamine groups is 1. The Morgan fingerprint density at radius 2 is 2.16 bits per heavy atom. The van der Waals surface area contributed by atoms with E-state index in [2.05, 4.69) is 28.0 Å². The number of pyridine rings is 1. The fraction of sp³-hybridized carbons (Fsp3) is 0.391. The topological polar surface area (TPSA) is 152 Å². The van der Waals surface area contributed by atoms with Gasteiger partial charge < -0.3 is 15.4 Å². The van der Waals surface area contributed by atoms with Crippen LogP contribution in [0.1, 0.15) is 31.9 Å². The van der Waals surface area contributed by atoms with Crippen molar-refractivity contribution in [1.29, 1.82) is 0 Å². The van der Waals surface area contributed by atoms with Gasteiger partial charge in [-0.15, -0.1) is 34.9 Å². The smallest absolute Gasteiger partial charge is 0.379 e. The Balaban J connectivity index is 1.44. The van der Waals surface area contributed by atoms with Gasteiger partial charge >= 0.3 is 11.9 Å². The lowest BCUT2D eigenvalue weighted by Crippen LogP contribution is -2.54. The summed E-state index contributed by atoms with van der Waals surface area (Å²) in [6.07, 6.45) is 6.44. The van der Waals surface area contributed by atoms with E-state index >= 15 is 0 Å². The Labute approximate surface area is 231 Å². The first-order chi connectivity index (χ1) is 18.4. The predicted octanol–water partition coefficient (Wildman–Crippen LogP) is 1.63. The van der Waals surface area contributed by atoms with Crippen molar-refractivity contribution in [3.8, 4) is 0 Å². The number of carbonyl (C=O) groups is 3. The number of nitrogens with one attached hydrogen (secondary N) is 2. The molecule has 15 heteroatoms. The maximum absolute atomic E-state index is 13.1. The van der Waals surface area contributed by atoms with Gasteiger partial charge in [0.15, 0.2) is 10.8 Å². The minimum absolute atomic E-state index is 0.122. The third-order valence-corrected chi connectivity index (χ3v) is 8.61. The average molecular weight is 579 g/mol. The molecule has 0 aromatic carbocycles. The second-order valence-electron chi connectivity index (χ2n) is 8.19. The number of thioether (sulfide) groups is 2. The number of hydrogen-bond acceptors (Lipinski definition) is 12. The first kappa shape index (κ1) is 27.7. The molecule has 4 rings (SSSR count). The van der Waals surface area contributed by atoms with Gasteiger partial charge in [-0.2, -0.15) is 10.9 Å². The van der Waals surface area contributed by atoms with E-state index in [0.717, 1.165) is 41.2 Å². The first-order valence-electron chi connectivity index (χ1n) is 11.8. The Morgan fingerprint density at radius 1 is 1.37 bits per heavy atom. The molecule has 2 aromatic heterocycles. The van der Waals surface area contributed by atoms with Crippen molar-refractivity contribution in [1.82, 2.24) is 15.4 Å². The second-order valence-corrected chi connectivity index (χ2v) is 11.3. The molecule has 0 aliphatic carbocycles. The van der Waals surface area contributed by atoms with Gasteiger partial charge in [0.05, 0.1) is 18.3 Å². The van der Waals surface area contributed by atoms with Gasteiger partial charge in [-0.1, -0.05) is 23.2 Å². The van der Waals surface area contributed by atoms with E-state index in [1.54, 1.807) is 23.5 Å². The number of oxime groups is 1. The van der Waals surface area contributed by atoms with Crippen LogP contribution in [0.5, 0.6) is 0 Å². The number of hydrogen-bond donors (Lipinski definition) is 3. The summed E-state index contributed by atoms with van der Waals surface area (Å²) < 4.78 is 1.91. The van der Waals surface area contributed by atoms with Crippen LogP contribution in [0.2, 0.25) is 0 Å². The predicted molar refractivity (Wildman–Crippen MR) is 146 cm³/mol. The summed E-state index contributed by atoms with van der Waals surface area (Å²) in [6.45, 7) is 3.03. The molecule has 2 amide bonds. The van der Waals surface area contributed by atoms with Crippen LogP contribution in [0, 0.1) is 0 Å². The molecule has 2 aliphatic rings. The molecule has 0 unspecified atom stereocenters. The molecule has 1 atom stereocenters. The van der Waals surface area contributed by atoms with Crippen LogP contribution in [-0.2, 0) is 24.1 Å². The van der Waals surface area contributed by atoms with E-state index in [0.29, 0.717) is 17.9 Å². The lowest BCUT2D eigenvalue weighted by Gasteiger charge is -2.44. The molecule has 2 aromatic rings. The van der Waals surface area contributed by atoms with Crippen LogP contribution in [0.4, 0.5) is 5.13 Å². The number of thiazole rings is 1. The number of β-lactam (4-membered cyclic amide) rings is 1. The van der Waals surface area contributed by atoms with Gasteiger partial charge in [0.2, 0.25) is 18.3 Å². The Morgan fingerprint density at radius 3 is 2.82 bits per heavy atom. The molecule has 0 spiro atoms. The summed E-state index contributed by atoms with van der Waals surface area (Å²) in [4.78, 5) is 54.5. The van der Waals surface area contributed by atoms with E-state index in [-0.39, 0.29) is 33.5 Å². The van der Waals surface area contributed by atoms with Crippen LogP contribution in [0.25, 0.3) is 0 Å². The Bertz CT molecular complexity index is 1250. The minimum Gasteiger partial charge on any atom is -0.398 e. The van der Waals surface area contributed by atoms with Crippen molar-refractivity contribution in [2.75, 3.05) is 36.3 Å². The summed E-state index contributed by atoms with van der Waals surface area (Å²) >= 11 is 4.27. The maximum Gasteiger partial charge on any atom is 0.379 e. The average Bonchev–Trinajstić information content (AvgIpc) is 3.34. The zero-order valence-electron chi connectivity index (χ0n) is 20.8. The highest BCUT2D eigenvalue weighted by Crippen LogP contribution is 2.41. The van der Waals surface area contributed by atoms with E-state index in [9.17, 15) is 14.4 Å². The molecule has 2 aliphatic heterocycles. The molecule has 202 valence electrons. The Hall–Kier alpha value is -3.30. The summed E-state index contributed by atoms with van der Waals surface area (Å²) in [5.41, 5.74) is 11.9. The second kappa shape index (κ2) is 13.0. The molecular weight excluding hydrogens is 550 g/mol. The molecule has 12 nitrogen and oxygen atoms in total. The van der Waals surface area contributed by atoms with Crippen LogP contribution < -0.4 is 21.3 Å². The number of rotatable bonds is 11. The summed E-state index contributed by atoms with van der Waals surface area (Å²) in [7, 11) is 1.27. The number of amides is 2. The van der Waals surface area contributed by atoms with Gasteiger partial charge in [0, 0.05) is 33.9 Å². The van der Waals surface area contributed by atoms with E-state index in [1.165, 1.54) is 17.4 Å². The number of unbranched alkanes of at least 4 members (excludes halogenated alkanes) is 1. The number of nitrogen functional groups attached to an aromatic ring is 1. The van der Waals surface area contributed by atoms with Crippen LogP contribution in [-0.4, -0.2) is 63.9 Å². The van der Waals surface area contributed by atoms with Crippen LogP contribution in [0.3, 0.4) is 0 Å². The summed E-state index contributed by atoms with van der Waals surface area (Å²) in [5.74, 6) is -0.790. The van der Waals surface area contributed by atoms with E-state index in [4.69, 9.17) is 15.4 Å². The number of nitrogens with two attached hydrogens (primary N) is 1. The lowest BCUT2D eigenvalue weighted by molar-refractivity contribution is -0.650. The molecule has 0 saturated carbocycles. The van der Waals surface area contributed by atoms with Crippen molar-refractivity contribution >= 4 is 63.5 Å². The minimum atomic E-state index is -0.844. The fourth-order valence-electron chi connectivity index (χ4n) is 3.63. The fourth-order valence-corrected chi connectivity index (χ4v) is 6.46. The molecular formula is C23H28N7O5S3+. The standard InChI is InChI=1S/C23H27N7O5S3/c1-3-4-7-25-29-8-5-15(6-9-29)36-11-14-12-37-18-10-17(31)30(18)20(14)22(33)35-28-21(32)19(27-34-2)16-13-38-23(24)26-16/h5-6,8-9,13,18,25H,3-4,7,10-12H2,1-2H3,(H2-,24,26,28,32)/p+1/b27-19-/t18-/m0/s1. The third kappa shape index (κ3) is 6.57. The number of nitrogens with zero attached hydrogens (tertiary/aromatic N) is 4. The van der Waals surface area contributed by atoms with Gasteiger partial charge in [-0.05, 0) is 12.0 Å². The molecule has 4 N–H and O–H groups in total.